The highest BCUT2D eigenvalue weighted by molar-refractivity contribution is 5.82. The van der Waals surface area contributed by atoms with E-state index < -0.39 is 0 Å². The fourth-order valence-corrected chi connectivity index (χ4v) is 2.99. The lowest BCUT2D eigenvalue weighted by Crippen LogP contribution is -2.22. The van der Waals surface area contributed by atoms with Crippen LogP contribution in [-0.4, -0.2) is 17.2 Å². The molecule has 0 unspecified atom stereocenters. The molecule has 0 aliphatic heterocycles. The molecule has 0 aliphatic carbocycles. The summed E-state index contributed by atoms with van der Waals surface area (Å²) >= 11 is 0. The third-order valence-electron chi connectivity index (χ3n) is 4.12. The van der Waals surface area contributed by atoms with Crippen molar-refractivity contribution >= 4 is 18.0 Å². The summed E-state index contributed by atoms with van der Waals surface area (Å²) in [6, 6.07) is 10.8. The topological polar surface area (TPSA) is 48.8 Å². The Morgan fingerprint density at radius 2 is 1.92 bits per heavy atom. The van der Waals surface area contributed by atoms with Crippen LogP contribution in [0.1, 0.15) is 41.8 Å². The van der Waals surface area contributed by atoms with Crippen LogP contribution in [0.2, 0.25) is 0 Å². The van der Waals surface area contributed by atoms with E-state index in [2.05, 4.69) is 61.9 Å². The van der Waals surface area contributed by atoms with Gasteiger partial charge in [-0.05, 0) is 68.0 Å². The molecule has 1 aromatic carbocycles. The Kier molecular flexibility index (Phi) is 6.70. The van der Waals surface area contributed by atoms with Gasteiger partial charge in [0.25, 0.3) is 0 Å². The van der Waals surface area contributed by atoms with E-state index in [0.29, 0.717) is 0 Å². The minimum Gasteiger partial charge on any atom is -0.381 e. The quantitative estimate of drug-likeness (QED) is 0.681. The minimum atomic E-state index is 0.283. The molecule has 1 aromatic heterocycles. The standard InChI is InChI=1S/C22H27N3/c1-5-20-17(4)8-6-9-18(20)11-12-19-10-7-15-24-22(19)21(13-14-23)25-16(2)3/h5-10,13-16,23,25H,1,11-12H2,2-4H3/b21-13-,23-14?. The Balaban J connectivity index is 2.30. The summed E-state index contributed by atoms with van der Waals surface area (Å²) in [5, 5.41) is 10.8. The molecule has 0 aliphatic rings. The molecule has 0 radical (unpaired) electrons. The molecule has 25 heavy (non-hydrogen) atoms. The van der Waals surface area contributed by atoms with Crippen molar-refractivity contribution in [2.24, 2.45) is 0 Å². The molecule has 0 spiro atoms. The zero-order valence-electron chi connectivity index (χ0n) is 15.3. The number of nitrogens with one attached hydrogen (secondary N) is 2. The van der Waals surface area contributed by atoms with Crippen molar-refractivity contribution in [1.29, 1.82) is 5.41 Å². The number of pyridine rings is 1. The second-order valence-electron chi connectivity index (χ2n) is 6.41. The molecule has 0 fully saturated rings. The van der Waals surface area contributed by atoms with Crippen molar-refractivity contribution in [3.63, 3.8) is 0 Å². The molecule has 2 aromatic rings. The third kappa shape index (κ3) is 4.90. The number of allylic oxidation sites excluding steroid dienone is 1. The van der Waals surface area contributed by atoms with Crippen LogP contribution in [0.4, 0.5) is 0 Å². The lowest BCUT2D eigenvalue weighted by molar-refractivity contribution is 0.713. The summed E-state index contributed by atoms with van der Waals surface area (Å²) in [7, 11) is 0. The van der Waals surface area contributed by atoms with Gasteiger partial charge in [0.1, 0.15) is 0 Å². The molecule has 2 N–H and O–H groups in total. The van der Waals surface area contributed by atoms with E-state index in [-0.39, 0.29) is 6.04 Å². The minimum absolute atomic E-state index is 0.283. The predicted molar refractivity (Wildman–Crippen MR) is 108 cm³/mol. The lowest BCUT2D eigenvalue weighted by atomic mass is 9.95. The van der Waals surface area contributed by atoms with Crippen molar-refractivity contribution in [3.8, 4) is 0 Å². The maximum atomic E-state index is 7.43. The van der Waals surface area contributed by atoms with Gasteiger partial charge in [0.05, 0.1) is 11.4 Å². The van der Waals surface area contributed by atoms with Crippen LogP contribution >= 0.6 is 0 Å². The maximum absolute atomic E-state index is 7.43. The van der Waals surface area contributed by atoms with Gasteiger partial charge in [0.2, 0.25) is 0 Å². The molecule has 0 amide bonds. The Labute approximate surface area is 151 Å². The normalized spacial score (nSPS) is 11.4. The second kappa shape index (κ2) is 8.97. The number of nitrogens with zero attached hydrogens (tertiary/aromatic N) is 1. The van der Waals surface area contributed by atoms with Gasteiger partial charge in [-0.3, -0.25) is 4.98 Å². The number of rotatable bonds is 8. The molecule has 3 heteroatoms. The van der Waals surface area contributed by atoms with E-state index in [0.717, 1.165) is 24.2 Å². The zero-order valence-corrected chi connectivity index (χ0v) is 15.3. The first-order valence-electron chi connectivity index (χ1n) is 8.69. The third-order valence-corrected chi connectivity index (χ3v) is 4.12. The van der Waals surface area contributed by atoms with Crippen molar-refractivity contribution in [2.75, 3.05) is 0 Å². The van der Waals surface area contributed by atoms with Crippen molar-refractivity contribution in [2.45, 2.75) is 39.7 Å². The summed E-state index contributed by atoms with van der Waals surface area (Å²) in [6.45, 7) is 10.2. The first-order chi connectivity index (χ1) is 12.1. The van der Waals surface area contributed by atoms with Crippen LogP contribution in [0.15, 0.2) is 49.2 Å². The number of aromatic nitrogens is 1. The molecule has 0 saturated carbocycles. The van der Waals surface area contributed by atoms with Gasteiger partial charge >= 0.3 is 0 Å². The van der Waals surface area contributed by atoms with Crippen LogP contribution in [-0.2, 0) is 12.8 Å². The molecule has 0 saturated heterocycles. The molecule has 1 heterocycles. The van der Waals surface area contributed by atoms with E-state index in [1.807, 2.05) is 12.1 Å². The average Bonchev–Trinajstić information content (AvgIpc) is 2.59. The summed E-state index contributed by atoms with van der Waals surface area (Å²) in [4.78, 5) is 4.57. The number of aryl methyl sites for hydroxylation is 3. The fourth-order valence-electron chi connectivity index (χ4n) is 2.99. The molecule has 3 nitrogen and oxygen atoms in total. The Morgan fingerprint density at radius 3 is 2.60 bits per heavy atom. The SMILES string of the molecule is C=Cc1c(C)cccc1CCc1cccnc1/C(=C/C=N)NC(C)C. The van der Waals surface area contributed by atoms with Crippen LogP contribution in [0.25, 0.3) is 11.8 Å². The summed E-state index contributed by atoms with van der Waals surface area (Å²) in [5.74, 6) is 0. The monoisotopic (exact) mass is 333 g/mol. The van der Waals surface area contributed by atoms with Crippen LogP contribution in [0.5, 0.6) is 0 Å². The van der Waals surface area contributed by atoms with Crippen LogP contribution in [0.3, 0.4) is 0 Å². The highest BCUT2D eigenvalue weighted by atomic mass is 14.9. The van der Waals surface area contributed by atoms with Crippen molar-refractivity contribution < 1.29 is 0 Å². The van der Waals surface area contributed by atoms with Crippen LogP contribution < -0.4 is 5.32 Å². The average molecular weight is 333 g/mol. The van der Waals surface area contributed by atoms with E-state index in [4.69, 9.17) is 5.41 Å². The fraction of sp³-hybridized carbons (Fsp3) is 0.273. The van der Waals surface area contributed by atoms with Gasteiger partial charge in [0, 0.05) is 18.5 Å². The molecule has 0 atom stereocenters. The number of hydrogen-bond acceptors (Lipinski definition) is 3. The Morgan fingerprint density at radius 1 is 1.20 bits per heavy atom. The number of benzene rings is 1. The summed E-state index contributed by atoms with van der Waals surface area (Å²) < 4.78 is 0. The molecule has 130 valence electrons. The van der Waals surface area contributed by atoms with Gasteiger partial charge in [-0.2, -0.15) is 0 Å². The summed E-state index contributed by atoms with van der Waals surface area (Å²) in [6.07, 6.45) is 8.65. The Bertz CT molecular complexity index is 773. The first-order valence-corrected chi connectivity index (χ1v) is 8.69. The van der Waals surface area contributed by atoms with Gasteiger partial charge in [-0.25, -0.2) is 0 Å². The molecule has 2 rings (SSSR count). The maximum Gasteiger partial charge on any atom is 0.0893 e. The predicted octanol–water partition coefficient (Wildman–Crippen LogP) is 4.81. The first kappa shape index (κ1) is 18.7. The van der Waals surface area contributed by atoms with E-state index in [1.165, 1.54) is 28.5 Å². The molecular formula is C22H27N3. The van der Waals surface area contributed by atoms with E-state index in [1.54, 1.807) is 12.3 Å². The van der Waals surface area contributed by atoms with E-state index >= 15 is 0 Å². The van der Waals surface area contributed by atoms with Gasteiger partial charge in [-0.15, -0.1) is 0 Å². The molecule has 0 bridgehead atoms. The van der Waals surface area contributed by atoms with Gasteiger partial charge in [0.15, 0.2) is 0 Å². The lowest BCUT2D eigenvalue weighted by Gasteiger charge is -2.17. The largest absolute Gasteiger partial charge is 0.381 e. The second-order valence-corrected chi connectivity index (χ2v) is 6.41. The van der Waals surface area contributed by atoms with Crippen molar-refractivity contribution in [1.82, 2.24) is 10.3 Å². The van der Waals surface area contributed by atoms with Gasteiger partial charge in [-0.1, -0.05) is 36.9 Å². The number of hydrogen-bond donors (Lipinski definition) is 2. The van der Waals surface area contributed by atoms with E-state index in [9.17, 15) is 0 Å². The molecular weight excluding hydrogens is 306 g/mol. The smallest absolute Gasteiger partial charge is 0.0893 e. The highest BCUT2D eigenvalue weighted by Crippen LogP contribution is 2.21. The van der Waals surface area contributed by atoms with Crippen LogP contribution in [0, 0.1) is 12.3 Å². The highest BCUT2D eigenvalue weighted by Gasteiger charge is 2.11. The Hall–Kier alpha value is -2.68. The zero-order chi connectivity index (χ0) is 18.2. The van der Waals surface area contributed by atoms with Crippen molar-refractivity contribution in [3.05, 3.63) is 77.1 Å². The summed E-state index contributed by atoms with van der Waals surface area (Å²) in [5.41, 5.74) is 6.79. The van der Waals surface area contributed by atoms with Gasteiger partial charge < -0.3 is 10.7 Å².